The molecule has 0 amide bonds. The third-order valence-corrected chi connectivity index (χ3v) is 1.96. The Bertz CT molecular complexity index is 460. The average Bonchev–Trinajstić information content (AvgIpc) is 2.26. The number of aromatic nitrogens is 1. The molecule has 0 aliphatic heterocycles. The third-order valence-electron chi connectivity index (χ3n) is 1.96. The fourth-order valence-corrected chi connectivity index (χ4v) is 1.34. The van der Waals surface area contributed by atoms with Gasteiger partial charge in [-0.15, -0.1) is 0 Å². The maximum Gasteiger partial charge on any atom is 0.106 e. The average molecular weight is 186 g/mol. The second-order valence-corrected chi connectivity index (χ2v) is 2.84. The van der Waals surface area contributed by atoms with Crippen molar-refractivity contribution in [2.24, 2.45) is 5.16 Å². The van der Waals surface area contributed by atoms with Crippen molar-refractivity contribution in [3.05, 3.63) is 42.1 Å². The number of fused-ring (bicyclic) bond motifs is 1. The number of rotatable bonds is 2. The number of oxime groups is 1. The topological polar surface area (TPSA) is 34.5 Å². The van der Waals surface area contributed by atoms with Gasteiger partial charge in [0.1, 0.15) is 7.11 Å². The summed E-state index contributed by atoms with van der Waals surface area (Å²) in [6.07, 6.45) is 3.43. The van der Waals surface area contributed by atoms with Crippen LogP contribution in [0.5, 0.6) is 0 Å². The Balaban J connectivity index is 2.59. The molecule has 0 bridgehead atoms. The Morgan fingerprint density at radius 2 is 2.14 bits per heavy atom. The smallest absolute Gasteiger partial charge is 0.106 e. The molecule has 1 aromatic carbocycles. The molecule has 2 rings (SSSR count). The van der Waals surface area contributed by atoms with Gasteiger partial charge in [0.15, 0.2) is 0 Å². The quantitative estimate of drug-likeness (QED) is 0.532. The Labute approximate surface area is 82.0 Å². The lowest BCUT2D eigenvalue weighted by Crippen LogP contribution is -1.87. The van der Waals surface area contributed by atoms with E-state index in [-0.39, 0.29) is 0 Å². The summed E-state index contributed by atoms with van der Waals surface area (Å²) in [6, 6.07) is 9.89. The van der Waals surface area contributed by atoms with Crippen molar-refractivity contribution in [2.75, 3.05) is 7.11 Å². The summed E-state index contributed by atoms with van der Waals surface area (Å²) in [5.41, 5.74) is 1.90. The zero-order valence-electron chi connectivity index (χ0n) is 7.84. The van der Waals surface area contributed by atoms with Crippen LogP contribution in [-0.4, -0.2) is 18.3 Å². The Morgan fingerprint density at radius 3 is 3.00 bits per heavy atom. The zero-order chi connectivity index (χ0) is 9.80. The molecule has 1 heterocycles. The van der Waals surface area contributed by atoms with Crippen LogP contribution >= 0.6 is 0 Å². The van der Waals surface area contributed by atoms with Gasteiger partial charge in [-0.25, -0.2) is 0 Å². The van der Waals surface area contributed by atoms with Crippen LogP contribution in [0, 0.1) is 0 Å². The van der Waals surface area contributed by atoms with Crippen molar-refractivity contribution in [1.82, 2.24) is 4.98 Å². The van der Waals surface area contributed by atoms with Crippen molar-refractivity contribution in [2.45, 2.75) is 0 Å². The minimum absolute atomic E-state index is 0.941. The number of pyridine rings is 1. The molecule has 70 valence electrons. The maximum atomic E-state index is 4.64. The molecule has 0 N–H and O–H groups in total. The maximum absolute atomic E-state index is 4.64. The molecular weight excluding hydrogens is 176 g/mol. The van der Waals surface area contributed by atoms with E-state index in [0.29, 0.717) is 0 Å². The first-order valence-corrected chi connectivity index (χ1v) is 4.32. The van der Waals surface area contributed by atoms with Crippen LogP contribution in [0.25, 0.3) is 10.9 Å². The van der Waals surface area contributed by atoms with Gasteiger partial charge in [-0.2, -0.15) is 0 Å². The SMILES string of the molecule is CO/N=C/c1cccc2cccnc12. The summed E-state index contributed by atoms with van der Waals surface area (Å²) in [5.74, 6) is 0. The highest BCUT2D eigenvalue weighted by molar-refractivity contribution is 5.97. The van der Waals surface area contributed by atoms with Gasteiger partial charge in [-0.3, -0.25) is 4.98 Å². The summed E-state index contributed by atoms with van der Waals surface area (Å²) >= 11 is 0. The Hall–Kier alpha value is -1.90. The monoisotopic (exact) mass is 186 g/mol. The Kier molecular flexibility index (Phi) is 2.40. The van der Waals surface area contributed by atoms with E-state index in [9.17, 15) is 0 Å². The second kappa shape index (κ2) is 3.87. The normalized spacial score (nSPS) is 10.9. The van der Waals surface area contributed by atoms with Gasteiger partial charge in [0.2, 0.25) is 0 Å². The molecule has 0 unspecified atom stereocenters. The van der Waals surface area contributed by atoms with Crippen LogP contribution in [-0.2, 0) is 4.84 Å². The first-order chi connectivity index (χ1) is 6.92. The molecule has 0 saturated carbocycles. The fourth-order valence-electron chi connectivity index (χ4n) is 1.34. The molecule has 1 aromatic heterocycles. The number of benzene rings is 1. The highest BCUT2D eigenvalue weighted by atomic mass is 16.6. The summed E-state index contributed by atoms with van der Waals surface area (Å²) in [6.45, 7) is 0. The largest absolute Gasteiger partial charge is 0.399 e. The van der Waals surface area contributed by atoms with Gasteiger partial charge in [-0.05, 0) is 6.07 Å². The minimum atomic E-state index is 0.941. The van der Waals surface area contributed by atoms with E-state index >= 15 is 0 Å². The first kappa shape index (κ1) is 8.69. The molecule has 0 saturated heterocycles. The van der Waals surface area contributed by atoms with Crippen molar-refractivity contribution in [3.63, 3.8) is 0 Å². The lowest BCUT2D eigenvalue weighted by atomic mass is 10.1. The number of hydrogen-bond donors (Lipinski definition) is 0. The first-order valence-electron chi connectivity index (χ1n) is 4.32. The van der Waals surface area contributed by atoms with Crippen molar-refractivity contribution in [3.8, 4) is 0 Å². The molecule has 2 aromatic rings. The lowest BCUT2D eigenvalue weighted by molar-refractivity contribution is 0.215. The molecule has 0 aliphatic carbocycles. The van der Waals surface area contributed by atoms with Crippen LogP contribution in [0.2, 0.25) is 0 Å². The van der Waals surface area contributed by atoms with Gasteiger partial charge in [0.05, 0.1) is 11.7 Å². The summed E-state index contributed by atoms with van der Waals surface area (Å²) in [4.78, 5) is 8.92. The third kappa shape index (κ3) is 1.57. The van der Waals surface area contributed by atoms with E-state index in [1.807, 2.05) is 30.3 Å². The molecule has 0 fully saturated rings. The minimum Gasteiger partial charge on any atom is -0.399 e. The number of para-hydroxylation sites is 1. The predicted octanol–water partition coefficient (Wildman–Crippen LogP) is 2.22. The summed E-state index contributed by atoms with van der Waals surface area (Å²) in [5, 5.41) is 4.83. The molecule has 0 aliphatic rings. The van der Waals surface area contributed by atoms with Crippen LogP contribution in [0.15, 0.2) is 41.7 Å². The van der Waals surface area contributed by atoms with Crippen molar-refractivity contribution >= 4 is 17.1 Å². The molecular formula is C11H10N2O. The molecule has 0 spiro atoms. The van der Waals surface area contributed by atoms with Crippen LogP contribution < -0.4 is 0 Å². The number of hydrogen-bond acceptors (Lipinski definition) is 3. The van der Waals surface area contributed by atoms with Crippen molar-refractivity contribution < 1.29 is 4.84 Å². The molecule has 0 radical (unpaired) electrons. The summed E-state index contributed by atoms with van der Waals surface area (Å²) < 4.78 is 0. The van der Waals surface area contributed by atoms with Crippen molar-refractivity contribution in [1.29, 1.82) is 0 Å². The number of nitrogens with zero attached hydrogens (tertiary/aromatic N) is 2. The Morgan fingerprint density at radius 1 is 1.29 bits per heavy atom. The van der Waals surface area contributed by atoms with Crippen LogP contribution in [0.4, 0.5) is 0 Å². The van der Waals surface area contributed by atoms with E-state index < -0.39 is 0 Å². The standard InChI is InChI=1S/C11H10N2O/c1-14-13-8-10-5-2-4-9-6-3-7-12-11(9)10/h2-8H,1H3/b13-8+. The highest BCUT2D eigenvalue weighted by Gasteiger charge is 1.97. The highest BCUT2D eigenvalue weighted by Crippen LogP contribution is 2.13. The molecule has 0 atom stereocenters. The van der Waals surface area contributed by atoms with Crippen LogP contribution in [0.1, 0.15) is 5.56 Å². The second-order valence-electron chi connectivity index (χ2n) is 2.84. The van der Waals surface area contributed by atoms with E-state index in [2.05, 4.69) is 15.0 Å². The lowest BCUT2D eigenvalue weighted by Gasteiger charge is -1.99. The predicted molar refractivity (Wildman–Crippen MR) is 56.3 cm³/mol. The molecule has 3 nitrogen and oxygen atoms in total. The molecule has 3 heteroatoms. The van der Waals surface area contributed by atoms with E-state index in [1.54, 1.807) is 12.4 Å². The van der Waals surface area contributed by atoms with Gasteiger partial charge in [-0.1, -0.05) is 29.4 Å². The summed E-state index contributed by atoms with van der Waals surface area (Å²) in [7, 11) is 1.52. The fraction of sp³-hybridized carbons (Fsp3) is 0.0909. The van der Waals surface area contributed by atoms with Gasteiger partial charge in [0.25, 0.3) is 0 Å². The van der Waals surface area contributed by atoms with E-state index in [1.165, 1.54) is 7.11 Å². The van der Waals surface area contributed by atoms with E-state index in [0.717, 1.165) is 16.5 Å². The van der Waals surface area contributed by atoms with Gasteiger partial charge >= 0.3 is 0 Å². The zero-order valence-corrected chi connectivity index (χ0v) is 7.84. The van der Waals surface area contributed by atoms with E-state index in [4.69, 9.17) is 0 Å². The van der Waals surface area contributed by atoms with Crippen LogP contribution in [0.3, 0.4) is 0 Å². The molecule has 14 heavy (non-hydrogen) atoms. The van der Waals surface area contributed by atoms with Gasteiger partial charge in [0, 0.05) is 17.1 Å². The van der Waals surface area contributed by atoms with Gasteiger partial charge < -0.3 is 4.84 Å².